The number of aliphatic hydroxyl groups excluding tert-OH is 1. The van der Waals surface area contributed by atoms with Gasteiger partial charge in [0.15, 0.2) is 0 Å². The van der Waals surface area contributed by atoms with Gasteiger partial charge in [-0.2, -0.15) is 5.10 Å². The molecule has 128 valence electrons. The second-order valence-corrected chi connectivity index (χ2v) is 8.02. The molecule has 5 rings (SSSR count). The molecule has 1 aromatic carbocycles. The van der Waals surface area contributed by atoms with E-state index in [-0.39, 0.29) is 5.91 Å². The number of aromatic nitrogens is 2. The van der Waals surface area contributed by atoms with Crippen molar-refractivity contribution in [1.29, 1.82) is 0 Å². The third kappa shape index (κ3) is 2.65. The second-order valence-electron chi connectivity index (χ2n) is 6.94. The number of benzene rings is 1. The van der Waals surface area contributed by atoms with Crippen LogP contribution in [0.25, 0.3) is 10.1 Å². The van der Waals surface area contributed by atoms with Crippen molar-refractivity contribution in [2.45, 2.75) is 32.0 Å². The van der Waals surface area contributed by atoms with Gasteiger partial charge in [0.2, 0.25) is 0 Å². The van der Waals surface area contributed by atoms with Gasteiger partial charge < -0.3 is 10.0 Å². The Hall–Kier alpha value is -2.18. The van der Waals surface area contributed by atoms with Gasteiger partial charge in [-0.25, -0.2) is 0 Å². The standard InChI is InChI=1S/C19H19N3O2S/c23-18(12-5-6-12)15-10-14-11-21(7-8-22(14)20-15)19(24)17-9-13-3-1-2-4-16(13)25-17/h1-4,9-10,12,18,23H,5-8,11H2. The fraction of sp³-hybridized carbons (Fsp3) is 0.368. The number of carbonyl (C=O) groups is 1. The third-order valence-corrected chi connectivity index (χ3v) is 6.22. The Bertz CT molecular complexity index is 924. The number of fused-ring (bicyclic) bond motifs is 2. The monoisotopic (exact) mass is 353 g/mol. The van der Waals surface area contributed by atoms with Crippen LogP contribution in [0.4, 0.5) is 0 Å². The maximum atomic E-state index is 12.9. The van der Waals surface area contributed by atoms with Gasteiger partial charge in [-0.3, -0.25) is 9.48 Å². The second kappa shape index (κ2) is 5.68. The van der Waals surface area contributed by atoms with E-state index in [4.69, 9.17) is 0 Å². The molecule has 0 saturated heterocycles. The molecule has 1 atom stereocenters. The molecule has 1 aliphatic heterocycles. The van der Waals surface area contributed by atoms with E-state index in [1.807, 2.05) is 46.0 Å². The quantitative estimate of drug-likeness (QED) is 0.787. The highest BCUT2D eigenvalue weighted by Gasteiger charge is 2.33. The van der Waals surface area contributed by atoms with Gasteiger partial charge in [-0.1, -0.05) is 18.2 Å². The third-order valence-electron chi connectivity index (χ3n) is 5.11. The van der Waals surface area contributed by atoms with Crippen molar-refractivity contribution in [3.8, 4) is 0 Å². The number of thiophene rings is 1. The molecule has 1 saturated carbocycles. The fourth-order valence-corrected chi connectivity index (χ4v) is 4.53. The van der Waals surface area contributed by atoms with Crippen LogP contribution in [0.5, 0.6) is 0 Å². The number of nitrogens with zero attached hydrogens (tertiary/aromatic N) is 3. The van der Waals surface area contributed by atoms with E-state index in [1.54, 1.807) is 11.3 Å². The lowest BCUT2D eigenvalue weighted by molar-refractivity contribution is 0.0710. The molecule has 6 heteroatoms. The Morgan fingerprint density at radius 2 is 2.08 bits per heavy atom. The minimum atomic E-state index is -0.454. The molecule has 3 heterocycles. The van der Waals surface area contributed by atoms with E-state index in [1.165, 1.54) is 0 Å². The smallest absolute Gasteiger partial charge is 0.264 e. The molecule has 5 nitrogen and oxygen atoms in total. The Kier molecular flexibility index (Phi) is 3.43. The summed E-state index contributed by atoms with van der Waals surface area (Å²) >= 11 is 1.55. The molecule has 25 heavy (non-hydrogen) atoms. The minimum Gasteiger partial charge on any atom is -0.386 e. The SMILES string of the molecule is O=C(c1cc2ccccc2s1)N1CCn2nc(C(O)C3CC3)cc2C1. The van der Waals surface area contributed by atoms with Crippen LogP contribution in [0.3, 0.4) is 0 Å². The molecule has 1 aliphatic carbocycles. The minimum absolute atomic E-state index is 0.0814. The summed E-state index contributed by atoms with van der Waals surface area (Å²) in [5.41, 5.74) is 1.77. The average molecular weight is 353 g/mol. The number of rotatable bonds is 3. The van der Waals surface area contributed by atoms with Crippen LogP contribution in [-0.4, -0.2) is 32.2 Å². The molecule has 0 radical (unpaired) electrons. The zero-order valence-electron chi connectivity index (χ0n) is 13.8. The van der Waals surface area contributed by atoms with Gasteiger partial charge in [0.1, 0.15) is 6.10 Å². The fourth-order valence-electron chi connectivity index (χ4n) is 3.50. The van der Waals surface area contributed by atoms with Crippen LogP contribution in [0, 0.1) is 5.92 Å². The molecule has 1 fully saturated rings. The lowest BCUT2D eigenvalue weighted by Crippen LogP contribution is -2.38. The van der Waals surface area contributed by atoms with E-state index in [0.717, 1.165) is 39.2 Å². The lowest BCUT2D eigenvalue weighted by Gasteiger charge is -2.27. The summed E-state index contributed by atoms with van der Waals surface area (Å²) < 4.78 is 3.08. The number of carbonyl (C=O) groups excluding carboxylic acids is 1. The highest BCUT2D eigenvalue weighted by atomic mass is 32.1. The summed E-state index contributed by atoms with van der Waals surface area (Å²) in [5, 5.41) is 16.0. The highest BCUT2D eigenvalue weighted by Crippen LogP contribution is 2.40. The Balaban J connectivity index is 1.38. The van der Waals surface area contributed by atoms with E-state index >= 15 is 0 Å². The highest BCUT2D eigenvalue weighted by molar-refractivity contribution is 7.20. The van der Waals surface area contributed by atoms with Gasteiger partial charge in [-0.05, 0) is 42.3 Å². The molecule has 1 unspecified atom stereocenters. The lowest BCUT2D eigenvalue weighted by atomic mass is 10.1. The molecule has 1 amide bonds. The van der Waals surface area contributed by atoms with Gasteiger partial charge in [0.05, 0.1) is 29.4 Å². The summed E-state index contributed by atoms with van der Waals surface area (Å²) in [5.74, 6) is 0.450. The maximum absolute atomic E-state index is 12.9. The summed E-state index contributed by atoms with van der Waals surface area (Å²) in [6.45, 7) is 1.89. The summed E-state index contributed by atoms with van der Waals surface area (Å²) in [4.78, 5) is 15.6. The summed E-state index contributed by atoms with van der Waals surface area (Å²) in [7, 11) is 0. The van der Waals surface area contributed by atoms with Crippen molar-refractivity contribution in [2.75, 3.05) is 6.54 Å². The van der Waals surface area contributed by atoms with Crippen molar-refractivity contribution >= 4 is 27.3 Å². The first-order valence-corrected chi connectivity index (χ1v) is 9.53. The van der Waals surface area contributed by atoms with Crippen LogP contribution in [-0.2, 0) is 13.1 Å². The zero-order valence-corrected chi connectivity index (χ0v) is 14.6. The summed E-state index contributed by atoms with van der Waals surface area (Å²) in [6, 6.07) is 12.0. The van der Waals surface area contributed by atoms with Crippen molar-refractivity contribution < 1.29 is 9.90 Å². The molecule has 1 N–H and O–H groups in total. The van der Waals surface area contributed by atoms with Gasteiger partial charge >= 0.3 is 0 Å². The van der Waals surface area contributed by atoms with Crippen LogP contribution < -0.4 is 0 Å². The predicted octanol–water partition coefficient (Wildman–Crippen LogP) is 3.20. The van der Waals surface area contributed by atoms with Crippen LogP contribution in [0.15, 0.2) is 36.4 Å². The predicted molar refractivity (Wildman–Crippen MR) is 96.5 cm³/mol. The first-order valence-electron chi connectivity index (χ1n) is 8.71. The molecular weight excluding hydrogens is 334 g/mol. The molecule has 0 spiro atoms. The van der Waals surface area contributed by atoms with Gasteiger partial charge in [0.25, 0.3) is 5.91 Å². The molecular formula is C19H19N3O2S. The molecule has 3 aromatic rings. The van der Waals surface area contributed by atoms with Gasteiger partial charge in [0, 0.05) is 11.2 Å². The topological polar surface area (TPSA) is 58.4 Å². The molecule has 0 bridgehead atoms. The zero-order chi connectivity index (χ0) is 17.0. The van der Waals surface area contributed by atoms with Crippen molar-refractivity contribution in [1.82, 2.24) is 14.7 Å². The van der Waals surface area contributed by atoms with Gasteiger partial charge in [-0.15, -0.1) is 11.3 Å². The van der Waals surface area contributed by atoms with E-state index in [9.17, 15) is 9.90 Å². The number of aliphatic hydroxyl groups is 1. The Labute approximate surface area is 149 Å². The number of amides is 1. The Morgan fingerprint density at radius 3 is 2.88 bits per heavy atom. The summed E-state index contributed by atoms with van der Waals surface area (Å²) in [6.07, 6.45) is 1.71. The van der Waals surface area contributed by atoms with E-state index in [0.29, 0.717) is 25.6 Å². The van der Waals surface area contributed by atoms with Crippen molar-refractivity contribution in [3.05, 3.63) is 52.7 Å². The first-order chi connectivity index (χ1) is 12.2. The number of hydrogen-bond donors (Lipinski definition) is 1. The molecule has 2 aliphatic rings. The van der Waals surface area contributed by atoms with Crippen LogP contribution in [0.1, 0.15) is 40.0 Å². The van der Waals surface area contributed by atoms with Crippen LogP contribution >= 0.6 is 11.3 Å². The average Bonchev–Trinajstić information content (AvgIpc) is 3.25. The number of hydrogen-bond acceptors (Lipinski definition) is 4. The molecule has 2 aromatic heterocycles. The largest absolute Gasteiger partial charge is 0.386 e. The first kappa shape index (κ1) is 15.1. The van der Waals surface area contributed by atoms with Crippen LogP contribution in [0.2, 0.25) is 0 Å². The van der Waals surface area contributed by atoms with E-state index < -0.39 is 6.10 Å². The maximum Gasteiger partial charge on any atom is 0.264 e. The van der Waals surface area contributed by atoms with E-state index in [2.05, 4.69) is 5.10 Å². The Morgan fingerprint density at radius 1 is 1.24 bits per heavy atom. The van der Waals surface area contributed by atoms with Crippen molar-refractivity contribution in [2.24, 2.45) is 5.92 Å². The van der Waals surface area contributed by atoms with Crippen molar-refractivity contribution in [3.63, 3.8) is 0 Å². The normalized spacial score (nSPS) is 18.4.